The Kier molecular flexibility index (Phi) is 10.2. The zero-order chi connectivity index (χ0) is 41.4. The number of benzene rings is 5. The summed E-state index contributed by atoms with van der Waals surface area (Å²) in [5.74, 6) is 3.06. The number of rotatable bonds is 9. The number of thiazole rings is 1. The lowest BCUT2D eigenvalue weighted by atomic mass is 9.65. The van der Waals surface area contributed by atoms with E-state index in [-0.39, 0.29) is 19.8 Å². The number of carbonyl (C=O) groups is 4. The fourth-order valence-corrected chi connectivity index (χ4v) is 9.89. The molecule has 2 saturated heterocycles. The highest BCUT2D eigenvalue weighted by molar-refractivity contribution is 7.22. The molecule has 60 heavy (non-hydrogen) atoms. The number of amides is 4. The second-order valence-corrected chi connectivity index (χ2v) is 15.6. The number of aromatic nitrogens is 1. The number of carbonyl (C=O) groups excluding carboxylic acids is 4. The van der Waals surface area contributed by atoms with Crippen LogP contribution in [0, 0.1) is 17.8 Å². The van der Waals surface area contributed by atoms with E-state index in [1.807, 2.05) is 102 Å². The number of ether oxygens (including phenoxy) is 2. The SMILES string of the molecule is NC(=O)NCC#Cc1ccc2c(c1)C1(C(=O)N2)C(C(=O)Nc2nc3ccccc3s2)C2C(=O)OC(c3ccccc3)C(c3ccccc3)N2C1c1ccccc1OCCO. The van der Waals surface area contributed by atoms with Gasteiger partial charge in [0.1, 0.15) is 29.9 Å². The number of nitrogens with two attached hydrogens (primary N) is 1. The molecule has 300 valence electrons. The molecule has 3 aliphatic rings. The summed E-state index contributed by atoms with van der Waals surface area (Å²) in [7, 11) is 0. The van der Waals surface area contributed by atoms with Crippen molar-refractivity contribution in [2.75, 3.05) is 30.4 Å². The van der Waals surface area contributed by atoms with Crippen molar-refractivity contribution in [1.29, 1.82) is 0 Å². The van der Waals surface area contributed by atoms with Crippen LogP contribution in [0.4, 0.5) is 15.6 Å². The third-order valence-corrected chi connectivity index (χ3v) is 12.2. The van der Waals surface area contributed by atoms with Crippen molar-refractivity contribution in [2.45, 2.75) is 29.6 Å². The third kappa shape index (κ3) is 6.58. The van der Waals surface area contributed by atoms with E-state index >= 15 is 14.4 Å². The fourth-order valence-electron chi connectivity index (χ4n) is 9.02. The Labute approximate surface area is 348 Å². The Bertz CT molecular complexity index is 2670. The maximum Gasteiger partial charge on any atom is 0.324 e. The van der Waals surface area contributed by atoms with Crippen molar-refractivity contribution in [1.82, 2.24) is 15.2 Å². The van der Waals surface area contributed by atoms with Crippen molar-refractivity contribution in [3.63, 3.8) is 0 Å². The smallest absolute Gasteiger partial charge is 0.324 e. The largest absolute Gasteiger partial charge is 0.491 e. The number of aliphatic hydroxyl groups excluding tert-OH is 1. The molecule has 3 aliphatic heterocycles. The molecule has 6 aromatic rings. The van der Waals surface area contributed by atoms with Gasteiger partial charge in [-0.2, -0.15) is 0 Å². The second kappa shape index (κ2) is 16.0. The molecule has 6 atom stereocenters. The van der Waals surface area contributed by atoms with Crippen molar-refractivity contribution in [2.24, 2.45) is 11.7 Å². The number of anilines is 2. The number of nitrogens with zero attached hydrogens (tertiary/aromatic N) is 2. The number of esters is 1. The molecule has 0 bridgehead atoms. The van der Waals surface area contributed by atoms with Crippen LogP contribution in [0.1, 0.15) is 46.0 Å². The summed E-state index contributed by atoms with van der Waals surface area (Å²) in [5, 5.41) is 18.8. The Morgan fingerprint density at radius 2 is 1.63 bits per heavy atom. The Morgan fingerprint density at radius 3 is 2.38 bits per heavy atom. The van der Waals surface area contributed by atoms with Crippen molar-refractivity contribution in [3.05, 3.63) is 155 Å². The van der Waals surface area contributed by atoms with Gasteiger partial charge >= 0.3 is 12.0 Å². The number of morpholine rings is 1. The first-order chi connectivity index (χ1) is 29.3. The normalized spacial score (nSPS) is 22.9. The summed E-state index contributed by atoms with van der Waals surface area (Å²) in [4.78, 5) is 64.2. The summed E-state index contributed by atoms with van der Waals surface area (Å²) in [5.41, 5.74) is 7.48. The quantitative estimate of drug-likeness (QED) is 0.0916. The van der Waals surface area contributed by atoms with Crippen molar-refractivity contribution < 1.29 is 33.8 Å². The molecule has 0 radical (unpaired) electrons. The van der Waals surface area contributed by atoms with Gasteiger partial charge in [-0.15, -0.1) is 0 Å². The highest BCUT2D eigenvalue weighted by Gasteiger charge is 2.74. The number of hydrogen-bond acceptors (Lipinski definition) is 10. The highest BCUT2D eigenvalue weighted by atomic mass is 32.1. The molecule has 0 aliphatic carbocycles. The predicted molar refractivity (Wildman–Crippen MR) is 225 cm³/mol. The number of hydrogen-bond donors (Lipinski definition) is 5. The first-order valence-corrected chi connectivity index (χ1v) is 20.2. The number of para-hydroxylation sites is 2. The van der Waals surface area contributed by atoms with E-state index in [1.54, 1.807) is 30.3 Å². The van der Waals surface area contributed by atoms with E-state index < -0.39 is 59.4 Å². The van der Waals surface area contributed by atoms with E-state index in [4.69, 9.17) is 15.2 Å². The second-order valence-electron chi connectivity index (χ2n) is 14.6. The van der Waals surface area contributed by atoms with Gasteiger partial charge in [-0.3, -0.25) is 19.3 Å². The molecule has 5 aromatic carbocycles. The van der Waals surface area contributed by atoms with E-state index in [0.717, 1.165) is 15.8 Å². The zero-order valence-electron chi connectivity index (χ0n) is 31.9. The molecule has 6 N–H and O–H groups in total. The molecule has 1 aromatic heterocycles. The number of fused-ring (bicyclic) bond motifs is 4. The number of primary amides is 1. The van der Waals surface area contributed by atoms with Gasteiger partial charge in [-0.25, -0.2) is 9.78 Å². The lowest BCUT2D eigenvalue weighted by Gasteiger charge is -2.46. The molecule has 1 spiro atoms. The van der Waals surface area contributed by atoms with Crippen LogP contribution in [-0.2, 0) is 24.5 Å². The van der Waals surface area contributed by atoms with Gasteiger partial charge in [-0.1, -0.05) is 114 Å². The standard InChI is InChI=1S/C46H38N6O7S/c47-44(57)48-23-11-12-27-21-22-32-31(26-27)46(43(56)49-32)36(41(54)51-45-50-33-18-8-10-20-35(33)60-45)38-42(55)59-39(29-15-5-2-6-16-29)37(28-13-3-1-4-14-28)52(38)40(46)30-17-7-9-19-34(30)58-25-24-53/h1-10,13-22,26,36-40,53H,23-25H2,(H,49,56)(H3,47,48,57)(H,50,51,54). The van der Waals surface area contributed by atoms with Crippen LogP contribution >= 0.6 is 11.3 Å². The molecular formula is C46H38N6O7S. The van der Waals surface area contributed by atoms with Gasteiger partial charge < -0.3 is 36.3 Å². The number of cyclic esters (lactones) is 1. The maximum absolute atomic E-state index is 15.5. The van der Waals surface area contributed by atoms with Crippen molar-refractivity contribution >= 4 is 56.2 Å². The van der Waals surface area contributed by atoms with Gasteiger partial charge in [0.05, 0.1) is 41.4 Å². The first kappa shape index (κ1) is 38.5. The fraction of sp³-hybridized carbons (Fsp3) is 0.196. The number of urea groups is 1. The lowest BCUT2D eigenvalue weighted by molar-refractivity contribution is -0.177. The highest BCUT2D eigenvalue weighted by Crippen LogP contribution is 2.65. The summed E-state index contributed by atoms with van der Waals surface area (Å²) in [6.07, 6.45) is -0.868. The van der Waals surface area contributed by atoms with Gasteiger partial charge in [0.15, 0.2) is 5.13 Å². The molecule has 4 amide bonds. The minimum atomic E-state index is -1.83. The minimum Gasteiger partial charge on any atom is -0.491 e. The van der Waals surface area contributed by atoms with Crippen molar-refractivity contribution in [3.8, 4) is 17.6 Å². The van der Waals surface area contributed by atoms with E-state index in [9.17, 15) is 9.90 Å². The van der Waals surface area contributed by atoms with Gasteiger partial charge in [0, 0.05) is 16.8 Å². The Balaban J connectivity index is 1.33. The number of aliphatic hydroxyl groups is 1. The van der Waals surface area contributed by atoms with Crippen LogP contribution in [0.15, 0.2) is 127 Å². The molecule has 4 heterocycles. The summed E-state index contributed by atoms with van der Waals surface area (Å²) in [6.45, 7) is -0.365. The average molecular weight is 819 g/mol. The summed E-state index contributed by atoms with van der Waals surface area (Å²) in [6, 6.07) is 35.0. The molecule has 2 fully saturated rings. The van der Waals surface area contributed by atoms with E-state index in [1.165, 1.54) is 11.3 Å². The molecule has 13 nitrogen and oxygen atoms in total. The maximum atomic E-state index is 15.5. The summed E-state index contributed by atoms with van der Waals surface area (Å²) >= 11 is 1.28. The Hall–Kier alpha value is -7.05. The Morgan fingerprint density at radius 1 is 0.917 bits per heavy atom. The zero-order valence-corrected chi connectivity index (χ0v) is 32.7. The van der Waals surface area contributed by atoms with Crippen LogP contribution < -0.4 is 26.4 Å². The van der Waals surface area contributed by atoms with Gasteiger partial charge in [0.25, 0.3) is 0 Å². The van der Waals surface area contributed by atoms with Gasteiger partial charge in [-0.05, 0) is 53.1 Å². The monoisotopic (exact) mass is 818 g/mol. The topological polar surface area (TPSA) is 185 Å². The predicted octanol–water partition coefficient (Wildman–Crippen LogP) is 5.60. The van der Waals surface area contributed by atoms with Crippen LogP contribution in [0.3, 0.4) is 0 Å². The molecule has 14 heteroatoms. The molecule has 0 saturated carbocycles. The van der Waals surface area contributed by atoms with Crippen LogP contribution in [0.5, 0.6) is 5.75 Å². The third-order valence-electron chi connectivity index (χ3n) is 11.3. The molecule has 6 unspecified atom stereocenters. The van der Waals surface area contributed by atoms with Crippen LogP contribution in [0.2, 0.25) is 0 Å². The first-order valence-electron chi connectivity index (χ1n) is 19.3. The lowest BCUT2D eigenvalue weighted by Crippen LogP contribution is -2.53. The van der Waals surface area contributed by atoms with E-state index in [0.29, 0.717) is 38.8 Å². The van der Waals surface area contributed by atoms with Crippen LogP contribution in [-0.4, -0.2) is 64.6 Å². The van der Waals surface area contributed by atoms with Crippen LogP contribution in [0.25, 0.3) is 10.2 Å². The minimum absolute atomic E-state index is 0.0263. The number of nitrogens with one attached hydrogen (secondary N) is 3. The molecular weight excluding hydrogens is 781 g/mol. The molecule has 9 rings (SSSR count). The summed E-state index contributed by atoms with van der Waals surface area (Å²) < 4.78 is 13.6. The van der Waals surface area contributed by atoms with E-state index in [2.05, 4.69) is 32.8 Å². The van der Waals surface area contributed by atoms with Gasteiger partial charge in [0.2, 0.25) is 11.8 Å². The average Bonchev–Trinajstić information content (AvgIpc) is 3.91.